The van der Waals surface area contributed by atoms with E-state index in [0.29, 0.717) is 12.4 Å². The quantitative estimate of drug-likeness (QED) is 0.804. The second-order valence-corrected chi connectivity index (χ2v) is 5.21. The number of carbonyl (C=O) groups is 1. The van der Waals surface area contributed by atoms with E-state index in [1.54, 1.807) is 11.3 Å². The molecular weight excluding hydrogens is 244 g/mol. The topological polar surface area (TPSA) is 41.1 Å². The normalized spacial score (nSPS) is 18.9. The SMILES string of the molecule is O=C(NCCCl)NC1CCCc2sccc21. The number of aryl methyl sites for hydroxylation is 1. The van der Waals surface area contributed by atoms with Crippen LogP contribution in [0.2, 0.25) is 0 Å². The number of thiophene rings is 1. The zero-order valence-electron chi connectivity index (χ0n) is 8.96. The fourth-order valence-electron chi connectivity index (χ4n) is 2.01. The molecule has 2 rings (SSSR count). The van der Waals surface area contributed by atoms with Crippen molar-refractivity contribution in [2.45, 2.75) is 25.3 Å². The molecule has 0 fully saturated rings. The molecule has 1 atom stereocenters. The van der Waals surface area contributed by atoms with Gasteiger partial charge in [-0.3, -0.25) is 0 Å². The largest absolute Gasteiger partial charge is 0.337 e. The highest BCUT2D eigenvalue weighted by Gasteiger charge is 2.22. The summed E-state index contributed by atoms with van der Waals surface area (Å²) >= 11 is 7.29. The van der Waals surface area contributed by atoms with E-state index in [0.717, 1.165) is 19.3 Å². The number of nitrogens with one attached hydrogen (secondary N) is 2. The Kier molecular flexibility index (Phi) is 4.07. The molecule has 0 aliphatic heterocycles. The summed E-state index contributed by atoms with van der Waals surface area (Å²) in [5, 5.41) is 7.82. The Bertz CT molecular complexity index is 367. The fourth-order valence-corrected chi connectivity index (χ4v) is 3.09. The lowest BCUT2D eigenvalue weighted by molar-refractivity contribution is 0.236. The van der Waals surface area contributed by atoms with Crippen LogP contribution in [0.4, 0.5) is 4.79 Å². The minimum atomic E-state index is -0.121. The Hall–Kier alpha value is -0.740. The summed E-state index contributed by atoms with van der Waals surface area (Å²) in [6, 6.07) is 2.17. The lowest BCUT2D eigenvalue weighted by Gasteiger charge is -2.23. The summed E-state index contributed by atoms with van der Waals surface area (Å²) in [7, 11) is 0. The minimum Gasteiger partial charge on any atom is -0.337 e. The number of carbonyl (C=O) groups excluding carboxylic acids is 1. The van der Waals surface area contributed by atoms with E-state index >= 15 is 0 Å². The molecule has 0 saturated heterocycles. The molecule has 1 aromatic rings. The number of alkyl halides is 1. The highest BCUT2D eigenvalue weighted by molar-refractivity contribution is 7.10. The Balaban J connectivity index is 1.94. The first-order valence-corrected chi connectivity index (χ1v) is 6.89. The molecule has 5 heteroatoms. The van der Waals surface area contributed by atoms with E-state index in [1.807, 2.05) is 0 Å². The van der Waals surface area contributed by atoms with E-state index in [-0.39, 0.29) is 12.1 Å². The summed E-state index contributed by atoms with van der Waals surface area (Å²) < 4.78 is 0. The van der Waals surface area contributed by atoms with Crippen molar-refractivity contribution in [3.63, 3.8) is 0 Å². The smallest absolute Gasteiger partial charge is 0.315 e. The predicted octanol–water partition coefficient (Wildman–Crippen LogP) is 2.66. The van der Waals surface area contributed by atoms with Crippen molar-refractivity contribution >= 4 is 29.0 Å². The summed E-state index contributed by atoms with van der Waals surface area (Å²) in [5.74, 6) is 0.446. The third kappa shape index (κ3) is 2.68. The molecule has 1 aliphatic carbocycles. The molecule has 1 aromatic heterocycles. The molecule has 0 saturated carbocycles. The molecule has 88 valence electrons. The maximum Gasteiger partial charge on any atom is 0.315 e. The van der Waals surface area contributed by atoms with Gasteiger partial charge in [0.05, 0.1) is 6.04 Å². The van der Waals surface area contributed by atoms with Gasteiger partial charge in [0, 0.05) is 17.3 Å². The standard InChI is InChI=1S/C11H15ClN2OS/c12-5-6-13-11(15)14-9-2-1-3-10-8(9)4-7-16-10/h4,7,9H,1-3,5-6H2,(H2,13,14,15). The van der Waals surface area contributed by atoms with E-state index in [9.17, 15) is 4.79 Å². The first-order valence-electron chi connectivity index (χ1n) is 5.48. The van der Waals surface area contributed by atoms with Crippen molar-refractivity contribution in [2.24, 2.45) is 0 Å². The number of rotatable bonds is 3. The van der Waals surface area contributed by atoms with Crippen molar-refractivity contribution in [2.75, 3.05) is 12.4 Å². The second-order valence-electron chi connectivity index (χ2n) is 3.83. The van der Waals surface area contributed by atoms with Gasteiger partial charge in [0.25, 0.3) is 0 Å². The van der Waals surface area contributed by atoms with Gasteiger partial charge in [0.2, 0.25) is 0 Å². The molecule has 2 N–H and O–H groups in total. The van der Waals surface area contributed by atoms with Crippen LogP contribution in [0.1, 0.15) is 29.3 Å². The lowest BCUT2D eigenvalue weighted by Crippen LogP contribution is -2.39. The van der Waals surface area contributed by atoms with Crippen molar-refractivity contribution in [3.05, 3.63) is 21.9 Å². The lowest BCUT2D eigenvalue weighted by atomic mass is 9.94. The summed E-state index contributed by atoms with van der Waals surface area (Å²) in [5.41, 5.74) is 1.29. The molecule has 16 heavy (non-hydrogen) atoms. The van der Waals surface area contributed by atoms with Gasteiger partial charge in [0.15, 0.2) is 0 Å². The summed E-state index contributed by atoms with van der Waals surface area (Å²) in [6.07, 6.45) is 3.32. The van der Waals surface area contributed by atoms with Gasteiger partial charge >= 0.3 is 6.03 Å². The highest BCUT2D eigenvalue weighted by atomic mass is 35.5. The van der Waals surface area contributed by atoms with E-state index in [2.05, 4.69) is 22.1 Å². The first-order chi connectivity index (χ1) is 7.81. The zero-order valence-corrected chi connectivity index (χ0v) is 10.5. The Morgan fingerprint density at radius 1 is 1.62 bits per heavy atom. The van der Waals surface area contributed by atoms with Crippen LogP contribution in [-0.4, -0.2) is 18.5 Å². The molecular formula is C11H15ClN2OS. The molecule has 0 aromatic carbocycles. The molecule has 1 aliphatic rings. The van der Waals surface area contributed by atoms with Gasteiger partial charge in [-0.2, -0.15) is 0 Å². The van der Waals surface area contributed by atoms with Gasteiger partial charge in [-0.15, -0.1) is 22.9 Å². The Morgan fingerprint density at radius 3 is 3.31 bits per heavy atom. The van der Waals surface area contributed by atoms with Gasteiger partial charge in [-0.1, -0.05) is 0 Å². The maximum atomic E-state index is 11.5. The molecule has 1 unspecified atom stereocenters. The summed E-state index contributed by atoms with van der Waals surface area (Å²) in [6.45, 7) is 0.511. The average molecular weight is 259 g/mol. The van der Waals surface area contributed by atoms with Crippen molar-refractivity contribution in [1.29, 1.82) is 0 Å². The fraction of sp³-hybridized carbons (Fsp3) is 0.545. The van der Waals surface area contributed by atoms with Crippen LogP contribution in [-0.2, 0) is 6.42 Å². The van der Waals surface area contributed by atoms with Crippen LogP contribution in [0, 0.1) is 0 Å². The second kappa shape index (κ2) is 5.55. The number of hydrogen-bond donors (Lipinski definition) is 2. The minimum absolute atomic E-state index is 0.121. The van der Waals surface area contributed by atoms with Crippen LogP contribution < -0.4 is 10.6 Å². The highest BCUT2D eigenvalue weighted by Crippen LogP contribution is 2.32. The number of amides is 2. The predicted molar refractivity (Wildman–Crippen MR) is 67.3 cm³/mol. The first kappa shape index (κ1) is 11.7. The van der Waals surface area contributed by atoms with Crippen LogP contribution in [0.5, 0.6) is 0 Å². The molecule has 3 nitrogen and oxygen atoms in total. The van der Waals surface area contributed by atoms with E-state index < -0.39 is 0 Å². The number of fused-ring (bicyclic) bond motifs is 1. The molecule has 0 spiro atoms. The Morgan fingerprint density at radius 2 is 2.50 bits per heavy atom. The number of urea groups is 1. The van der Waals surface area contributed by atoms with Crippen LogP contribution in [0.15, 0.2) is 11.4 Å². The zero-order chi connectivity index (χ0) is 11.4. The van der Waals surface area contributed by atoms with Crippen LogP contribution >= 0.6 is 22.9 Å². The maximum absolute atomic E-state index is 11.5. The van der Waals surface area contributed by atoms with Crippen molar-refractivity contribution in [1.82, 2.24) is 10.6 Å². The van der Waals surface area contributed by atoms with E-state index in [4.69, 9.17) is 11.6 Å². The number of halogens is 1. The third-order valence-electron chi connectivity index (χ3n) is 2.74. The third-order valence-corrected chi connectivity index (χ3v) is 3.92. The van der Waals surface area contributed by atoms with Gasteiger partial charge in [-0.25, -0.2) is 4.79 Å². The Labute approximate surface area is 104 Å². The van der Waals surface area contributed by atoms with Gasteiger partial charge in [0.1, 0.15) is 0 Å². The average Bonchev–Trinajstić information content (AvgIpc) is 2.75. The van der Waals surface area contributed by atoms with Crippen LogP contribution in [0.25, 0.3) is 0 Å². The molecule has 0 bridgehead atoms. The van der Waals surface area contributed by atoms with E-state index in [1.165, 1.54) is 10.4 Å². The van der Waals surface area contributed by atoms with Crippen molar-refractivity contribution in [3.8, 4) is 0 Å². The molecule has 1 heterocycles. The van der Waals surface area contributed by atoms with Crippen LogP contribution in [0.3, 0.4) is 0 Å². The monoisotopic (exact) mass is 258 g/mol. The van der Waals surface area contributed by atoms with Gasteiger partial charge < -0.3 is 10.6 Å². The summed E-state index contributed by atoms with van der Waals surface area (Å²) in [4.78, 5) is 12.9. The van der Waals surface area contributed by atoms with Crippen molar-refractivity contribution < 1.29 is 4.79 Å². The number of hydrogen-bond acceptors (Lipinski definition) is 2. The molecule has 2 amide bonds. The van der Waals surface area contributed by atoms with Gasteiger partial charge in [-0.05, 0) is 36.3 Å². The molecule has 0 radical (unpaired) electrons.